The van der Waals surface area contributed by atoms with Gasteiger partial charge in [-0.05, 0) is 38.2 Å². The van der Waals surface area contributed by atoms with Crippen molar-refractivity contribution in [3.05, 3.63) is 27.9 Å². The number of fused-ring (bicyclic) bond motifs is 1. The van der Waals surface area contributed by atoms with Crippen molar-refractivity contribution in [2.45, 2.75) is 46.5 Å². The number of hydrogen-bond acceptors (Lipinski definition) is 0. The Hall–Kier alpha value is -1.24. The molecule has 92 valence electrons. The predicted molar refractivity (Wildman–Crippen MR) is 76.1 cm³/mol. The normalized spacial score (nSPS) is 17.3. The Morgan fingerprint density at radius 3 is 2.71 bits per heavy atom. The molecule has 0 amide bonds. The minimum atomic E-state index is 1.11. The molecule has 17 heavy (non-hydrogen) atoms. The Balaban J connectivity index is 2.85. The van der Waals surface area contributed by atoms with Gasteiger partial charge >= 0.3 is 0 Å². The lowest BCUT2D eigenvalue weighted by Gasteiger charge is -2.14. The van der Waals surface area contributed by atoms with E-state index in [0.717, 1.165) is 12.8 Å². The number of nitrogens with zero attached hydrogens (tertiary/aromatic N) is 1. The lowest BCUT2D eigenvalue weighted by molar-refractivity contribution is 0.779. The van der Waals surface area contributed by atoms with Gasteiger partial charge in [0.2, 0.25) is 0 Å². The summed E-state index contributed by atoms with van der Waals surface area (Å²) in [6.45, 7) is 6.62. The maximum atomic E-state index is 2.43. The van der Waals surface area contributed by atoms with Gasteiger partial charge in [0.05, 0.1) is 0 Å². The first-order chi connectivity index (χ1) is 8.24. The fourth-order valence-corrected chi connectivity index (χ4v) is 2.99. The predicted octanol–water partition coefficient (Wildman–Crippen LogP) is 2.76. The second kappa shape index (κ2) is 4.95. The molecule has 0 atom stereocenters. The fraction of sp³-hybridized carbons (Fsp3) is 0.500. The molecule has 0 saturated heterocycles. The van der Waals surface area contributed by atoms with Crippen molar-refractivity contribution >= 4 is 17.7 Å². The summed E-state index contributed by atoms with van der Waals surface area (Å²) in [6, 6.07) is 0. The summed E-state index contributed by atoms with van der Waals surface area (Å²) in [5.41, 5.74) is 4.59. The van der Waals surface area contributed by atoms with Gasteiger partial charge in [-0.2, -0.15) is 0 Å². The highest BCUT2D eigenvalue weighted by atomic mass is 14.9. The monoisotopic (exact) mass is 229 g/mol. The van der Waals surface area contributed by atoms with Gasteiger partial charge in [0.25, 0.3) is 0 Å². The van der Waals surface area contributed by atoms with Gasteiger partial charge in [0.1, 0.15) is 0 Å². The van der Waals surface area contributed by atoms with Gasteiger partial charge in [-0.1, -0.05) is 32.1 Å². The van der Waals surface area contributed by atoms with Crippen LogP contribution >= 0.6 is 0 Å². The topological polar surface area (TPSA) is 4.93 Å². The quantitative estimate of drug-likeness (QED) is 0.735. The van der Waals surface area contributed by atoms with E-state index in [1.165, 1.54) is 40.2 Å². The number of allylic oxidation sites excluding steroid dienone is 2. The standard InChI is InChI=1S/C16H23N/c1-5-9-13-14(7-3)17(4)15-11-8-10-12(6-2)16(13)15/h7,9-10H,5-6,8,11H2,1-4H3/b13-9+,14-7+. The molecule has 1 heterocycles. The van der Waals surface area contributed by atoms with E-state index in [4.69, 9.17) is 0 Å². The maximum absolute atomic E-state index is 2.43. The summed E-state index contributed by atoms with van der Waals surface area (Å²) in [7, 11) is 2.21. The molecule has 0 N–H and O–H groups in total. The van der Waals surface area contributed by atoms with E-state index in [-0.39, 0.29) is 0 Å². The van der Waals surface area contributed by atoms with Gasteiger partial charge in [-0.25, -0.2) is 0 Å². The molecule has 1 aliphatic rings. The average molecular weight is 229 g/mol. The third-order valence-electron chi connectivity index (χ3n) is 3.76. The Labute approximate surface area is 104 Å². The van der Waals surface area contributed by atoms with Crippen molar-refractivity contribution < 1.29 is 0 Å². The number of aromatic nitrogens is 1. The molecular weight excluding hydrogens is 206 g/mol. The van der Waals surface area contributed by atoms with Gasteiger partial charge in [0, 0.05) is 28.9 Å². The highest BCUT2D eigenvalue weighted by Gasteiger charge is 2.17. The molecule has 0 aliphatic heterocycles. The molecule has 0 radical (unpaired) electrons. The highest BCUT2D eigenvalue weighted by molar-refractivity contribution is 5.71. The first kappa shape index (κ1) is 12.2. The van der Waals surface area contributed by atoms with E-state index in [9.17, 15) is 0 Å². The maximum Gasteiger partial charge on any atom is 0.0439 e. The summed E-state index contributed by atoms with van der Waals surface area (Å²) >= 11 is 0. The molecule has 0 unspecified atom stereocenters. The van der Waals surface area contributed by atoms with Crippen LogP contribution in [-0.2, 0) is 13.5 Å². The molecule has 0 saturated carbocycles. The van der Waals surface area contributed by atoms with E-state index in [1.807, 2.05) is 0 Å². The second-order valence-corrected chi connectivity index (χ2v) is 4.70. The molecule has 1 aromatic heterocycles. The van der Waals surface area contributed by atoms with E-state index in [2.05, 4.69) is 50.6 Å². The van der Waals surface area contributed by atoms with Gasteiger partial charge in [-0.15, -0.1) is 0 Å². The summed E-state index contributed by atoms with van der Waals surface area (Å²) < 4.78 is 2.39. The zero-order chi connectivity index (χ0) is 12.4. The van der Waals surface area contributed by atoms with Crippen molar-refractivity contribution in [1.29, 1.82) is 0 Å². The van der Waals surface area contributed by atoms with Crippen molar-refractivity contribution in [2.75, 3.05) is 0 Å². The van der Waals surface area contributed by atoms with Gasteiger partial charge in [-0.3, -0.25) is 0 Å². The van der Waals surface area contributed by atoms with E-state index in [0.29, 0.717) is 0 Å². The smallest absolute Gasteiger partial charge is 0.0439 e. The lowest BCUT2D eigenvalue weighted by Crippen LogP contribution is -2.28. The van der Waals surface area contributed by atoms with Crippen LogP contribution in [-0.4, -0.2) is 4.57 Å². The first-order valence-electron chi connectivity index (χ1n) is 6.78. The molecular formula is C16H23N. The highest BCUT2D eigenvalue weighted by Crippen LogP contribution is 2.25. The van der Waals surface area contributed by atoms with Gasteiger partial charge < -0.3 is 4.57 Å². The summed E-state index contributed by atoms with van der Waals surface area (Å²) in [6.07, 6.45) is 11.7. The molecule has 1 nitrogen and oxygen atoms in total. The van der Waals surface area contributed by atoms with Crippen LogP contribution in [0.25, 0.3) is 17.7 Å². The summed E-state index contributed by atoms with van der Waals surface area (Å²) in [5.74, 6) is 0. The molecule has 1 aliphatic carbocycles. The minimum absolute atomic E-state index is 1.11. The Morgan fingerprint density at radius 2 is 2.12 bits per heavy atom. The minimum Gasteiger partial charge on any atom is -0.347 e. The van der Waals surface area contributed by atoms with Crippen molar-refractivity contribution in [3.63, 3.8) is 0 Å². The van der Waals surface area contributed by atoms with Crippen LogP contribution in [0.4, 0.5) is 0 Å². The van der Waals surface area contributed by atoms with Crippen LogP contribution < -0.4 is 10.6 Å². The van der Waals surface area contributed by atoms with Crippen LogP contribution in [0.5, 0.6) is 0 Å². The molecule has 2 rings (SSSR count). The van der Waals surface area contributed by atoms with Crippen molar-refractivity contribution in [1.82, 2.24) is 4.57 Å². The van der Waals surface area contributed by atoms with Crippen LogP contribution in [0.2, 0.25) is 0 Å². The largest absolute Gasteiger partial charge is 0.347 e. The molecule has 0 aromatic carbocycles. The van der Waals surface area contributed by atoms with Gasteiger partial charge in [0.15, 0.2) is 0 Å². The first-order valence-corrected chi connectivity index (χ1v) is 6.78. The third kappa shape index (κ3) is 1.88. The number of hydrogen-bond donors (Lipinski definition) is 0. The van der Waals surface area contributed by atoms with Crippen LogP contribution in [0.1, 0.15) is 51.3 Å². The molecule has 1 heteroatoms. The van der Waals surface area contributed by atoms with Crippen LogP contribution in [0, 0.1) is 0 Å². The zero-order valence-corrected chi connectivity index (χ0v) is 11.5. The van der Waals surface area contributed by atoms with E-state index in [1.54, 1.807) is 0 Å². The average Bonchev–Trinajstić information content (AvgIpc) is 2.63. The molecule has 0 spiro atoms. The van der Waals surface area contributed by atoms with Crippen LogP contribution in [0.3, 0.4) is 0 Å². The Kier molecular flexibility index (Phi) is 3.56. The summed E-state index contributed by atoms with van der Waals surface area (Å²) in [4.78, 5) is 0. The van der Waals surface area contributed by atoms with E-state index < -0.39 is 0 Å². The van der Waals surface area contributed by atoms with Crippen LogP contribution in [0.15, 0.2) is 6.08 Å². The zero-order valence-electron chi connectivity index (χ0n) is 11.5. The second-order valence-electron chi connectivity index (χ2n) is 4.70. The van der Waals surface area contributed by atoms with Crippen molar-refractivity contribution in [3.8, 4) is 0 Å². The Bertz CT molecular complexity index is 555. The summed E-state index contributed by atoms with van der Waals surface area (Å²) in [5, 5.41) is 2.85. The van der Waals surface area contributed by atoms with Crippen molar-refractivity contribution in [2.24, 2.45) is 7.05 Å². The van der Waals surface area contributed by atoms with E-state index >= 15 is 0 Å². The molecule has 1 aromatic rings. The Morgan fingerprint density at radius 1 is 1.35 bits per heavy atom. The number of rotatable bonds is 2. The lowest BCUT2D eigenvalue weighted by atomic mass is 9.93. The fourth-order valence-electron chi connectivity index (χ4n) is 2.99. The SMILES string of the molecule is C/C=c1\c(=C/CC)c2c(n1C)CCC=C2CC. The molecule has 0 fully saturated rings. The molecule has 0 bridgehead atoms. The third-order valence-corrected chi connectivity index (χ3v) is 3.76.